The molecular weight excluding hydrogens is 501 g/mol. The summed E-state index contributed by atoms with van der Waals surface area (Å²) in [5.74, 6) is -0.331. The maximum absolute atomic E-state index is 12.5. The van der Waals surface area contributed by atoms with Gasteiger partial charge in [0.05, 0.1) is 23.5 Å². The van der Waals surface area contributed by atoms with E-state index in [9.17, 15) is 4.79 Å². The van der Waals surface area contributed by atoms with E-state index in [4.69, 9.17) is 21.7 Å². The Kier molecular flexibility index (Phi) is 11.4. The van der Waals surface area contributed by atoms with Crippen molar-refractivity contribution < 1.29 is 9.53 Å². The van der Waals surface area contributed by atoms with Crippen LogP contribution in [0.25, 0.3) is 0 Å². The molecule has 0 unspecified atom stereocenters. The van der Waals surface area contributed by atoms with Crippen molar-refractivity contribution in [1.29, 1.82) is 0 Å². The van der Waals surface area contributed by atoms with Crippen molar-refractivity contribution in [3.8, 4) is 0 Å². The van der Waals surface area contributed by atoms with Crippen LogP contribution in [0.1, 0.15) is 96.3 Å². The van der Waals surface area contributed by atoms with Gasteiger partial charge in [-0.05, 0) is 69.9 Å². The summed E-state index contributed by atoms with van der Waals surface area (Å²) in [7, 11) is -2.18. The van der Waals surface area contributed by atoms with E-state index in [1.807, 2.05) is 19.1 Å². The molecule has 0 aromatic heterocycles. The van der Waals surface area contributed by atoms with Gasteiger partial charge >= 0.3 is 5.97 Å². The molecule has 3 rings (SSSR count). The van der Waals surface area contributed by atoms with Crippen molar-refractivity contribution in [2.75, 3.05) is 50.0 Å². The SMILES string of the molecule is CCNc1ccc(C(=O)OCC)cc1NC(=S)N=P(N1CCCCCC1)(N1CCCCCC1)C(C)(C)C. The quantitative estimate of drug-likeness (QED) is 0.206. The Balaban J connectivity index is 2.07. The topological polar surface area (TPSA) is 69.2 Å². The first-order valence-corrected chi connectivity index (χ1v) is 16.3. The molecule has 1 aromatic rings. The minimum absolute atomic E-state index is 0.0509. The normalized spacial score (nSPS) is 18.4. The van der Waals surface area contributed by atoms with E-state index in [0.717, 1.165) is 44.1 Å². The maximum atomic E-state index is 12.5. The molecule has 0 amide bonds. The third kappa shape index (κ3) is 7.56. The molecular formula is C28H48N5O2PS. The second-order valence-corrected chi connectivity index (χ2v) is 15.2. The van der Waals surface area contributed by atoms with Crippen molar-refractivity contribution in [3.05, 3.63) is 23.8 Å². The number of nitrogens with one attached hydrogen (secondary N) is 2. The standard InChI is InChI=1S/C28H48N5O2PS/c1-6-29-24-17-16-23(26(34)35-7-2)22-25(24)30-27(37)31-36(28(3,4)5,32-18-12-8-9-13-19-32)33-20-14-10-11-15-21-33/h16-17,22,29H,6-15,18-21H2,1-5H3,(H,30,37). The Morgan fingerprint density at radius 3 is 1.95 bits per heavy atom. The van der Waals surface area contributed by atoms with Crippen LogP contribution in [0.15, 0.2) is 22.9 Å². The summed E-state index contributed by atoms with van der Waals surface area (Å²) in [6, 6.07) is 5.53. The van der Waals surface area contributed by atoms with Gasteiger partial charge in [0.2, 0.25) is 0 Å². The van der Waals surface area contributed by atoms with Gasteiger partial charge in [0.15, 0.2) is 5.11 Å². The lowest BCUT2D eigenvalue weighted by atomic mass is 10.1. The van der Waals surface area contributed by atoms with E-state index in [-0.39, 0.29) is 11.1 Å². The van der Waals surface area contributed by atoms with Gasteiger partial charge in [-0.15, -0.1) is 0 Å². The number of ether oxygens (including phenoxy) is 1. The van der Waals surface area contributed by atoms with Crippen LogP contribution in [-0.4, -0.2) is 64.9 Å². The Hall–Kier alpha value is -1.47. The molecule has 7 nitrogen and oxygen atoms in total. The fourth-order valence-corrected chi connectivity index (χ4v) is 10.6. The molecule has 0 atom stereocenters. The molecule has 9 heteroatoms. The van der Waals surface area contributed by atoms with Crippen molar-refractivity contribution in [1.82, 2.24) is 9.34 Å². The zero-order valence-corrected chi connectivity index (χ0v) is 25.4. The Morgan fingerprint density at radius 2 is 1.49 bits per heavy atom. The van der Waals surface area contributed by atoms with Crippen LogP contribution < -0.4 is 10.6 Å². The van der Waals surface area contributed by atoms with E-state index in [0.29, 0.717) is 17.3 Å². The predicted molar refractivity (Wildman–Crippen MR) is 162 cm³/mol. The molecule has 2 heterocycles. The first-order chi connectivity index (χ1) is 17.7. The highest BCUT2D eigenvalue weighted by molar-refractivity contribution is 7.81. The Labute approximate surface area is 230 Å². The van der Waals surface area contributed by atoms with Gasteiger partial charge in [-0.2, -0.15) is 0 Å². The number of anilines is 2. The van der Waals surface area contributed by atoms with Gasteiger partial charge in [-0.1, -0.05) is 46.5 Å². The average Bonchev–Trinajstić information content (AvgIpc) is 3.29. The fourth-order valence-electron chi connectivity index (χ4n) is 5.57. The smallest absolute Gasteiger partial charge is 0.338 e. The molecule has 2 N–H and O–H groups in total. The van der Waals surface area contributed by atoms with Crippen LogP contribution >= 0.6 is 19.6 Å². The number of thiocarbonyl (C=S) groups is 1. The second kappa shape index (κ2) is 14.1. The van der Waals surface area contributed by atoms with Crippen LogP contribution in [0, 0.1) is 0 Å². The summed E-state index contributed by atoms with van der Waals surface area (Å²) in [4.78, 5) is 12.5. The summed E-state index contributed by atoms with van der Waals surface area (Å²) in [6.45, 7) is 16.4. The minimum Gasteiger partial charge on any atom is -0.462 e. The van der Waals surface area contributed by atoms with Crippen molar-refractivity contribution in [2.45, 2.75) is 91.1 Å². The minimum atomic E-state index is -2.18. The van der Waals surface area contributed by atoms with Gasteiger partial charge < -0.3 is 15.4 Å². The molecule has 0 spiro atoms. The Bertz CT molecular complexity index is 938. The third-order valence-corrected chi connectivity index (χ3v) is 12.2. The van der Waals surface area contributed by atoms with Crippen molar-refractivity contribution in [3.63, 3.8) is 0 Å². The van der Waals surface area contributed by atoms with E-state index in [1.54, 1.807) is 6.07 Å². The number of rotatable bonds is 7. The molecule has 37 heavy (non-hydrogen) atoms. The lowest BCUT2D eigenvalue weighted by Gasteiger charge is -2.50. The number of carbonyl (C=O) groups excluding carboxylic acids is 1. The van der Waals surface area contributed by atoms with Crippen LogP contribution in [0.4, 0.5) is 11.4 Å². The van der Waals surface area contributed by atoms with Gasteiger partial charge in [-0.3, -0.25) is 9.34 Å². The second-order valence-electron chi connectivity index (χ2n) is 11.0. The predicted octanol–water partition coefficient (Wildman–Crippen LogP) is 7.57. The summed E-state index contributed by atoms with van der Waals surface area (Å²) >= 11 is 6.02. The van der Waals surface area contributed by atoms with Gasteiger partial charge in [-0.25, -0.2) is 9.54 Å². The number of hydrogen-bond donors (Lipinski definition) is 2. The highest BCUT2D eigenvalue weighted by atomic mass is 32.1. The number of nitrogens with zero attached hydrogens (tertiary/aromatic N) is 3. The van der Waals surface area contributed by atoms with E-state index in [1.165, 1.54) is 51.4 Å². The first kappa shape index (κ1) is 30.1. The lowest BCUT2D eigenvalue weighted by Crippen LogP contribution is -2.42. The van der Waals surface area contributed by atoms with E-state index in [2.05, 4.69) is 47.7 Å². The van der Waals surface area contributed by atoms with E-state index >= 15 is 0 Å². The largest absolute Gasteiger partial charge is 0.462 e. The van der Waals surface area contributed by atoms with Crippen molar-refractivity contribution in [2.24, 2.45) is 4.74 Å². The molecule has 2 saturated heterocycles. The van der Waals surface area contributed by atoms with Crippen LogP contribution in [0.2, 0.25) is 0 Å². The zero-order valence-electron chi connectivity index (χ0n) is 23.6. The summed E-state index contributed by atoms with van der Waals surface area (Å²) < 4.78 is 16.2. The third-order valence-electron chi connectivity index (χ3n) is 7.22. The molecule has 0 radical (unpaired) electrons. The Morgan fingerprint density at radius 1 is 0.946 bits per heavy atom. The van der Waals surface area contributed by atoms with Gasteiger partial charge in [0.25, 0.3) is 0 Å². The van der Waals surface area contributed by atoms with E-state index < -0.39 is 7.36 Å². The molecule has 0 saturated carbocycles. The van der Waals surface area contributed by atoms with Crippen molar-refractivity contribution >= 4 is 42.0 Å². The number of benzene rings is 1. The van der Waals surface area contributed by atoms with Crippen LogP contribution in [0.5, 0.6) is 0 Å². The monoisotopic (exact) mass is 549 g/mol. The van der Waals surface area contributed by atoms with Crippen LogP contribution in [0.3, 0.4) is 0 Å². The highest BCUT2D eigenvalue weighted by Gasteiger charge is 2.44. The molecule has 1 aromatic carbocycles. The molecule has 2 aliphatic rings. The molecule has 2 aliphatic heterocycles. The van der Waals surface area contributed by atoms with Gasteiger partial charge in [0.1, 0.15) is 7.36 Å². The average molecular weight is 550 g/mol. The molecule has 2 fully saturated rings. The summed E-state index contributed by atoms with van der Waals surface area (Å²) in [6.07, 6.45) is 10.0. The highest BCUT2D eigenvalue weighted by Crippen LogP contribution is 2.67. The molecule has 0 aliphatic carbocycles. The fraction of sp³-hybridized carbons (Fsp3) is 0.714. The summed E-state index contributed by atoms with van der Waals surface area (Å²) in [5.41, 5.74) is 2.17. The maximum Gasteiger partial charge on any atom is 0.338 e. The van der Waals surface area contributed by atoms with Crippen LogP contribution in [-0.2, 0) is 4.74 Å². The zero-order chi connectivity index (χ0) is 26.9. The molecule has 208 valence electrons. The number of esters is 1. The number of hydrogen-bond acceptors (Lipinski definition) is 4. The lowest BCUT2D eigenvalue weighted by molar-refractivity contribution is 0.0526. The summed E-state index contributed by atoms with van der Waals surface area (Å²) in [5, 5.41) is 7.27. The van der Waals surface area contributed by atoms with Gasteiger partial charge in [0, 0.05) is 37.9 Å². The first-order valence-electron chi connectivity index (χ1n) is 14.2. The molecule has 0 bridgehead atoms. The number of carbonyl (C=O) groups is 1.